The summed E-state index contributed by atoms with van der Waals surface area (Å²) >= 11 is 3.56. The summed E-state index contributed by atoms with van der Waals surface area (Å²) in [5.74, 6) is 0.777. The van der Waals surface area contributed by atoms with Crippen LogP contribution in [0.2, 0.25) is 0 Å². The Kier molecular flexibility index (Phi) is 4.98. The van der Waals surface area contributed by atoms with E-state index in [1.54, 1.807) is 12.1 Å². The van der Waals surface area contributed by atoms with E-state index in [2.05, 4.69) is 53.2 Å². The maximum atomic E-state index is 11.3. The molecule has 0 aliphatic carbocycles. The number of hydrogen-bond donors (Lipinski definition) is 0. The molecule has 2 aliphatic heterocycles. The van der Waals surface area contributed by atoms with Crippen LogP contribution in [0.25, 0.3) is 0 Å². The van der Waals surface area contributed by atoms with Gasteiger partial charge in [-0.1, -0.05) is 59.3 Å². The van der Waals surface area contributed by atoms with Gasteiger partial charge in [0, 0.05) is 34.2 Å². The molecule has 31 heavy (non-hydrogen) atoms. The van der Waals surface area contributed by atoms with E-state index in [9.17, 15) is 10.1 Å². The molecule has 0 unspecified atom stereocenters. The minimum atomic E-state index is -0.536. The van der Waals surface area contributed by atoms with Gasteiger partial charge < -0.3 is 4.74 Å². The van der Waals surface area contributed by atoms with E-state index in [4.69, 9.17) is 9.84 Å². The molecule has 0 spiro atoms. The largest absolute Gasteiger partial charge is 0.464 e. The van der Waals surface area contributed by atoms with E-state index in [0.717, 1.165) is 39.9 Å². The van der Waals surface area contributed by atoms with E-state index < -0.39 is 6.23 Å². The number of nitrogens with zero attached hydrogens (tertiary/aromatic N) is 3. The van der Waals surface area contributed by atoms with Crippen molar-refractivity contribution in [1.82, 2.24) is 5.01 Å². The van der Waals surface area contributed by atoms with Crippen LogP contribution in [0, 0.1) is 10.1 Å². The molecule has 3 aromatic rings. The second-order valence-corrected chi connectivity index (χ2v) is 8.62. The third-order valence-corrected chi connectivity index (χ3v) is 6.31. The third-order valence-electron chi connectivity index (χ3n) is 5.81. The fraction of sp³-hybridized carbons (Fsp3) is 0.208. The fourth-order valence-electron chi connectivity index (χ4n) is 4.18. The molecule has 0 saturated heterocycles. The van der Waals surface area contributed by atoms with Crippen molar-refractivity contribution in [1.29, 1.82) is 0 Å². The van der Waals surface area contributed by atoms with E-state index in [0.29, 0.717) is 5.56 Å². The Bertz CT molecular complexity index is 1190. The minimum Gasteiger partial charge on any atom is -0.464 e. The molecular weight excluding hydrogens is 458 g/mol. The molecule has 0 saturated carbocycles. The molecule has 3 aromatic carbocycles. The number of aryl methyl sites for hydroxylation is 1. The first-order valence-corrected chi connectivity index (χ1v) is 11.0. The van der Waals surface area contributed by atoms with Gasteiger partial charge in [-0.15, -0.1) is 0 Å². The van der Waals surface area contributed by atoms with Crippen LogP contribution in [-0.2, 0) is 6.42 Å². The van der Waals surface area contributed by atoms with Crippen molar-refractivity contribution in [3.8, 4) is 5.75 Å². The number of fused-ring (bicyclic) bond motifs is 3. The van der Waals surface area contributed by atoms with Crippen LogP contribution < -0.4 is 4.74 Å². The van der Waals surface area contributed by atoms with Crippen molar-refractivity contribution in [2.24, 2.45) is 5.10 Å². The summed E-state index contributed by atoms with van der Waals surface area (Å²) in [6.07, 6.45) is 1.20. The van der Waals surface area contributed by atoms with E-state index >= 15 is 0 Å². The monoisotopic (exact) mass is 477 g/mol. The molecular formula is C24H20BrN3O3. The molecule has 0 amide bonds. The lowest BCUT2D eigenvalue weighted by Gasteiger charge is -2.38. The predicted octanol–water partition coefficient (Wildman–Crippen LogP) is 6.16. The van der Waals surface area contributed by atoms with Gasteiger partial charge in [-0.2, -0.15) is 5.10 Å². The number of benzene rings is 3. The Morgan fingerprint density at radius 2 is 1.97 bits per heavy atom. The summed E-state index contributed by atoms with van der Waals surface area (Å²) in [5, 5.41) is 18.2. The quantitative estimate of drug-likeness (QED) is 0.333. The second-order valence-electron chi connectivity index (χ2n) is 7.70. The van der Waals surface area contributed by atoms with Gasteiger partial charge in [-0.3, -0.25) is 10.1 Å². The summed E-state index contributed by atoms with van der Waals surface area (Å²) in [7, 11) is 0. The van der Waals surface area contributed by atoms with Crippen LogP contribution in [0.3, 0.4) is 0 Å². The molecule has 2 heterocycles. The predicted molar refractivity (Wildman–Crippen MR) is 122 cm³/mol. The number of hydrogen-bond acceptors (Lipinski definition) is 5. The molecule has 0 fully saturated rings. The van der Waals surface area contributed by atoms with Gasteiger partial charge >= 0.3 is 0 Å². The van der Waals surface area contributed by atoms with Gasteiger partial charge in [0.1, 0.15) is 5.75 Å². The molecule has 0 N–H and O–H groups in total. The standard InChI is InChI=1S/C24H20BrN3O3/c1-2-15-6-8-16(9-7-15)21-14-22-20-13-18(25)10-11-23(20)31-24(27(22)26-21)17-4-3-5-19(12-17)28(29)30/h3-13,22,24H,2,14H2,1H3/t22-,24-/m1/s1. The van der Waals surface area contributed by atoms with E-state index in [1.807, 2.05) is 23.2 Å². The molecule has 156 valence electrons. The van der Waals surface area contributed by atoms with Crippen LogP contribution in [0.4, 0.5) is 5.69 Å². The summed E-state index contributed by atoms with van der Waals surface area (Å²) < 4.78 is 7.29. The number of non-ortho nitro benzene ring substituents is 1. The number of ether oxygens (including phenoxy) is 1. The van der Waals surface area contributed by atoms with Crippen molar-refractivity contribution in [2.75, 3.05) is 0 Å². The van der Waals surface area contributed by atoms with Crippen molar-refractivity contribution < 1.29 is 9.66 Å². The molecule has 7 heteroatoms. The SMILES string of the molecule is CCc1ccc(C2=NN3[C@H](C2)c2cc(Br)ccc2O[C@@H]3c2cccc([N+](=O)[O-])c2)cc1. The summed E-state index contributed by atoms with van der Waals surface area (Å²) in [5.41, 5.74) is 5.16. The van der Waals surface area contributed by atoms with Crippen LogP contribution in [0.15, 0.2) is 76.3 Å². The zero-order valence-corrected chi connectivity index (χ0v) is 18.5. The lowest BCUT2D eigenvalue weighted by Crippen LogP contribution is -2.33. The zero-order valence-electron chi connectivity index (χ0n) is 16.9. The molecule has 2 aliphatic rings. The second kappa shape index (κ2) is 7.81. The number of nitro benzene ring substituents is 1. The number of hydrazone groups is 1. The first-order chi connectivity index (χ1) is 15.0. The maximum absolute atomic E-state index is 11.3. The van der Waals surface area contributed by atoms with Crippen LogP contribution in [-0.4, -0.2) is 15.6 Å². The van der Waals surface area contributed by atoms with E-state index in [1.165, 1.54) is 11.6 Å². The van der Waals surface area contributed by atoms with Crippen molar-refractivity contribution in [2.45, 2.75) is 32.0 Å². The van der Waals surface area contributed by atoms with Crippen molar-refractivity contribution in [3.63, 3.8) is 0 Å². The number of nitro groups is 1. The lowest BCUT2D eigenvalue weighted by molar-refractivity contribution is -0.385. The normalized spacial score (nSPS) is 19.3. The topological polar surface area (TPSA) is 68.0 Å². The lowest BCUT2D eigenvalue weighted by atomic mass is 9.95. The highest BCUT2D eigenvalue weighted by Gasteiger charge is 2.41. The Morgan fingerprint density at radius 3 is 2.71 bits per heavy atom. The number of rotatable bonds is 4. The zero-order chi connectivity index (χ0) is 21.5. The first-order valence-electron chi connectivity index (χ1n) is 10.2. The molecule has 6 nitrogen and oxygen atoms in total. The van der Waals surface area contributed by atoms with E-state index in [-0.39, 0.29) is 16.7 Å². The van der Waals surface area contributed by atoms with Crippen molar-refractivity contribution in [3.05, 3.63) is 104 Å². The van der Waals surface area contributed by atoms with Gasteiger partial charge in [0.25, 0.3) is 5.69 Å². The molecule has 0 bridgehead atoms. The van der Waals surface area contributed by atoms with Gasteiger partial charge in [0.05, 0.1) is 16.7 Å². The maximum Gasteiger partial charge on any atom is 0.269 e. The average molecular weight is 478 g/mol. The number of halogens is 1. The Morgan fingerprint density at radius 1 is 1.16 bits per heavy atom. The molecule has 5 rings (SSSR count). The molecule has 2 atom stereocenters. The van der Waals surface area contributed by atoms with Gasteiger partial charge in [0.15, 0.2) is 0 Å². The van der Waals surface area contributed by atoms with Crippen LogP contribution >= 0.6 is 15.9 Å². The highest BCUT2D eigenvalue weighted by Crippen LogP contribution is 2.48. The minimum absolute atomic E-state index is 0.00800. The smallest absolute Gasteiger partial charge is 0.269 e. The third kappa shape index (κ3) is 3.59. The Balaban J connectivity index is 1.58. The van der Waals surface area contributed by atoms with Gasteiger partial charge in [0.2, 0.25) is 6.23 Å². The average Bonchev–Trinajstić information content (AvgIpc) is 3.24. The van der Waals surface area contributed by atoms with Gasteiger partial charge in [-0.05, 0) is 35.7 Å². The van der Waals surface area contributed by atoms with Crippen molar-refractivity contribution >= 4 is 27.3 Å². The summed E-state index contributed by atoms with van der Waals surface area (Å²) in [6, 6.07) is 21.0. The van der Waals surface area contributed by atoms with Crippen LogP contribution in [0.5, 0.6) is 5.75 Å². The fourth-order valence-corrected chi connectivity index (χ4v) is 4.56. The Labute approximate surface area is 188 Å². The Hall–Kier alpha value is -3.19. The first kappa shape index (κ1) is 19.8. The summed E-state index contributed by atoms with van der Waals surface area (Å²) in [6.45, 7) is 2.14. The van der Waals surface area contributed by atoms with Gasteiger partial charge in [-0.25, -0.2) is 5.01 Å². The molecule has 0 aromatic heterocycles. The van der Waals surface area contributed by atoms with Crippen LogP contribution in [0.1, 0.15) is 47.9 Å². The highest BCUT2D eigenvalue weighted by atomic mass is 79.9. The highest BCUT2D eigenvalue weighted by molar-refractivity contribution is 9.10. The summed E-state index contributed by atoms with van der Waals surface area (Å²) in [4.78, 5) is 10.9. The molecule has 0 radical (unpaired) electrons.